The van der Waals surface area contributed by atoms with Crippen LogP contribution in [0, 0.1) is 0 Å². The maximum absolute atomic E-state index is 3.24. The van der Waals surface area contributed by atoms with Crippen molar-refractivity contribution in [2.75, 3.05) is 24.7 Å². The molecule has 142 valence electrons. The molecule has 29 heavy (non-hydrogen) atoms. The molecule has 1 aliphatic carbocycles. The smallest absolute Gasteiger partial charge is 0.0713 e. The summed E-state index contributed by atoms with van der Waals surface area (Å²) in [6.45, 7) is 0. The van der Waals surface area contributed by atoms with Gasteiger partial charge < -0.3 is 10.6 Å². The summed E-state index contributed by atoms with van der Waals surface area (Å²) in [5, 5.41) is 6.48. The van der Waals surface area contributed by atoms with Crippen molar-refractivity contribution in [1.82, 2.24) is 0 Å². The molecule has 5 rings (SSSR count). The van der Waals surface area contributed by atoms with Gasteiger partial charge in [0.1, 0.15) is 0 Å². The Bertz CT molecular complexity index is 1060. The molecule has 2 heteroatoms. The van der Waals surface area contributed by atoms with Crippen LogP contribution in [0.15, 0.2) is 97.1 Å². The van der Waals surface area contributed by atoms with E-state index in [1.807, 2.05) is 14.1 Å². The first-order chi connectivity index (χ1) is 14.3. The van der Waals surface area contributed by atoms with Gasteiger partial charge in [0, 0.05) is 25.5 Å². The third-order valence-electron chi connectivity index (χ3n) is 6.17. The van der Waals surface area contributed by atoms with E-state index in [9.17, 15) is 0 Å². The van der Waals surface area contributed by atoms with Crippen LogP contribution in [0.2, 0.25) is 0 Å². The number of anilines is 2. The molecule has 2 N–H and O–H groups in total. The zero-order valence-corrected chi connectivity index (χ0v) is 16.7. The van der Waals surface area contributed by atoms with Crippen LogP contribution in [-0.2, 0) is 5.41 Å². The summed E-state index contributed by atoms with van der Waals surface area (Å²) in [6, 6.07) is 35.4. The highest BCUT2D eigenvalue weighted by Gasteiger charge is 2.45. The second-order valence-corrected chi connectivity index (χ2v) is 7.50. The molecule has 0 saturated heterocycles. The molecule has 0 aromatic heterocycles. The summed E-state index contributed by atoms with van der Waals surface area (Å²) < 4.78 is 0. The highest BCUT2D eigenvalue weighted by atomic mass is 14.8. The molecule has 4 aromatic rings. The molecule has 0 bridgehead atoms. The standard InChI is InChI=1S/C27H24N2/c1-28-21-15-11-19(12-16-21)27(20-13-17-22(29-2)18-14-20)25-9-5-3-7-23(25)24-8-4-6-10-26(24)27/h3-18,28-29H,1-2H3. The van der Waals surface area contributed by atoms with Crippen molar-refractivity contribution < 1.29 is 0 Å². The largest absolute Gasteiger partial charge is 0.388 e. The summed E-state index contributed by atoms with van der Waals surface area (Å²) in [4.78, 5) is 0. The highest BCUT2D eigenvalue weighted by molar-refractivity contribution is 5.86. The van der Waals surface area contributed by atoms with Crippen molar-refractivity contribution in [1.29, 1.82) is 0 Å². The Morgan fingerprint density at radius 1 is 0.483 bits per heavy atom. The first-order valence-corrected chi connectivity index (χ1v) is 10.0. The number of rotatable bonds is 4. The lowest BCUT2D eigenvalue weighted by Gasteiger charge is -2.34. The Morgan fingerprint density at radius 2 is 0.862 bits per heavy atom. The van der Waals surface area contributed by atoms with Gasteiger partial charge in [0.2, 0.25) is 0 Å². The van der Waals surface area contributed by atoms with Crippen LogP contribution in [0.3, 0.4) is 0 Å². The van der Waals surface area contributed by atoms with Crippen LogP contribution < -0.4 is 10.6 Å². The number of hydrogen-bond donors (Lipinski definition) is 2. The molecule has 0 radical (unpaired) electrons. The van der Waals surface area contributed by atoms with Crippen molar-refractivity contribution in [3.63, 3.8) is 0 Å². The van der Waals surface area contributed by atoms with Crippen LogP contribution in [0.1, 0.15) is 22.3 Å². The van der Waals surface area contributed by atoms with E-state index in [1.165, 1.54) is 33.4 Å². The van der Waals surface area contributed by atoms with Gasteiger partial charge in [-0.2, -0.15) is 0 Å². The Morgan fingerprint density at radius 3 is 1.24 bits per heavy atom. The van der Waals surface area contributed by atoms with Crippen LogP contribution in [0.4, 0.5) is 11.4 Å². The Balaban J connectivity index is 1.88. The third-order valence-corrected chi connectivity index (χ3v) is 6.17. The average molecular weight is 377 g/mol. The van der Waals surface area contributed by atoms with Crippen molar-refractivity contribution in [3.8, 4) is 11.1 Å². The van der Waals surface area contributed by atoms with Crippen LogP contribution >= 0.6 is 0 Å². The van der Waals surface area contributed by atoms with E-state index in [1.54, 1.807) is 0 Å². The Hall–Kier alpha value is -3.52. The molecule has 0 fully saturated rings. The van der Waals surface area contributed by atoms with E-state index < -0.39 is 0 Å². The van der Waals surface area contributed by atoms with Crippen molar-refractivity contribution in [2.45, 2.75) is 5.41 Å². The maximum Gasteiger partial charge on any atom is 0.0713 e. The van der Waals surface area contributed by atoms with Gasteiger partial charge in [0.25, 0.3) is 0 Å². The van der Waals surface area contributed by atoms with Gasteiger partial charge in [-0.15, -0.1) is 0 Å². The first kappa shape index (κ1) is 17.6. The van der Waals surface area contributed by atoms with Gasteiger partial charge in [0.15, 0.2) is 0 Å². The average Bonchev–Trinajstić information content (AvgIpc) is 3.11. The predicted octanol–water partition coefficient (Wildman–Crippen LogP) is 6.13. The van der Waals surface area contributed by atoms with Gasteiger partial charge in [-0.1, -0.05) is 72.8 Å². The molecule has 0 heterocycles. The van der Waals surface area contributed by atoms with Crippen molar-refractivity contribution in [2.24, 2.45) is 0 Å². The molecule has 1 aliphatic rings. The van der Waals surface area contributed by atoms with E-state index in [2.05, 4.69) is 108 Å². The Kier molecular flexibility index (Phi) is 4.13. The topological polar surface area (TPSA) is 24.1 Å². The van der Waals surface area contributed by atoms with Gasteiger partial charge in [0.05, 0.1) is 5.41 Å². The van der Waals surface area contributed by atoms with E-state index in [0.717, 1.165) is 11.4 Å². The quantitative estimate of drug-likeness (QED) is 0.394. The first-order valence-electron chi connectivity index (χ1n) is 10.0. The molecule has 0 amide bonds. The molecule has 0 aliphatic heterocycles. The summed E-state index contributed by atoms with van der Waals surface area (Å²) in [6.07, 6.45) is 0. The summed E-state index contributed by atoms with van der Waals surface area (Å²) in [5.41, 5.74) is 9.80. The number of hydrogen-bond acceptors (Lipinski definition) is 2. The minimum Gasteiger partial charge on any atom is -0.388 e. The lowest BCUT2D eigenvalue weighted by molar-refractivity contribution is 0.769. The summed E-state index contributed by atoms with van der Waals surface area (Å²) in [7, 11) is 3.92. The van der Waals surface area contributed by atoms with E-state index in [0.29, 0.717) is 0 Å². The maximum atomic E-state index is 3.24. The third kappa shape index (κ3) is 2.49. The fourth-order valence-corrected chi connectivity index (χ4v) is 4.80. The van der Waals surface area contributed by atoms with Crippen molar-refractivity contribution >= 4 is 11.4 Å². The lowest BCUT2D eigenvalue weighted by atomic mass is 9.67. The zero-order valence-electron chi connectivity index (χ0n) is 16.7. The number of nitrogens with one attached hydrogen (secondary N) is 2. The van der Waals surface area contributed by atoms with Gasteiger partial charge in [-0.05, 0) is 57.6 Å². The van der Waals surface area contributed by atoms with E-state index in [-0.39, 0.29) is 5.41 Å². The highest BCUT2D eigenvalue weighted by Crippen LogP contribution is 2.56. The molecule has 0 spiro atoms. The fourth-order valence-electron chi connectivity index (χ4n) is 4.80. The van der Waals surface area contributed by atoms with Crippen molar-refractivity contribution in [3.05, 3.63) is 119 Å². The lowest BCUT2D eigenvalue weighted by Crippen LogP contribution is -2.28. The van der Waals surface area contributed by atoms with Gasteiger partial charge >= 0.3 is 0 Å². The normalized spacial score (nSPS) is 13.4. The Labute approximate surface area is 172 Å². The van der Waals surface area contributed by atoms with Gasteiger partial charge in [-0.3, -0.25) is 0 Å². The SMILES string of the molecule is CNc1ccc(C2(c3ccc(NC)cc3)c3ccccc3-c3ccccc32)cc1. The van der Waals surface area contributed by atoms with Crippen LogP contribution in [0.25, 0.3) is 11.1 Å². The second kappa shape index (κ2) is 6.82. The number of benzene rings is 4. The zero-order chi connectivity index (χ0) is 19.8. The monoisotopic (exact) mass is 376 g/mol. The fraction of sp³-hybridized carbons (Fsp3) is 0.111. The molecule has 2 nitrogen and oxygen atoms in total. The van der Waals surface area contributed by atoms with Gasteiger partial charge in [-0.25, -0.2) is 0 Å². The van der Waals surface area contributed by atoms with E-state index >= 15 is 0 Å². The molecule has 4 aromatic carbocycles. The summed E-state index contributed by atoms with van der Waals surface area (Å²) >= 11 is 0. The molecule has 0 unspecified atom stereocenters. The minimum absolute atomic E-state index is 0.328. The van der Waals surface area contributed by atoms with E-state index in [4.69, 9.17) is 0 Å². The summed E-state index contributed by atoms with van der Waals surface area (Å²) in [5.74, 6) is 0. The predicted molar refractivity (Wildman–Crippen MR) is 123 cm³/mol. The molecular weight excluding hydrogens is 352 g/mol. The van der Waals surface area contributed by atoms with Crippen LogP contribution in [-0.4, -0.2) is 14.1 Å². The molecule has 0 saturated carbocycles. The van der Waals surface area contributed by atoms with Crippen LogP contribution in [0.5, 0.6) is 0 Å². The minimum atomic E-state index is -0.328. The molecule has 0 atom stereocenters. The number of fused-ring (bicyclic) bond motifs is 3. The second-order valence-electron chi connectivity index (χ2n) is 7.50. The molecular formula is C27H24N2.